The second-order valence-corrected chi connectivity index (χ2v) is 9.72. The number of hydrogen-bond acceptors (Lipinski definition) is 6. The second kappa shape index (κ2) is 12.8. The van der Waals surface area contributed by atoms with E-state index in [0.29, 0.717) is 38.5 Å². The van der Waals surface area contributed by atoms with Crippen molar-refractivity contribution in [3.05, 3.63) is 116 Å². The first kappa shape index (κ1) is 29.4. The number of rotatable bonds is 10. The van der Waals surface area contributed by atoms with Gasteiger partial charge in [-0.25, -0.2) is 14.6 Å². The molecule has 0 saturated heterocycles. The molecule has 0 bridgehead atoms. The number of ether oxygens (including phenoxy) is 2. The highest BCUT2D eigenvalue weighted by molar-refractivity contribution is 6.35. The van der Waals surface area contributed by atoms with Gasteiger partial charge in [0.1, 0.15) is 15.9 Å². The van der Waals surface area contributed by atoms with Gasteiger partial charge in [0, 0.05) is 17.7 Å². The molecule has 4 aromatic rings. The van der Waals surface area contributed by atoms with E-state index < -0.39 is 18.0 Å². The second-order valence-electron chi connectivity index (χ2n) is 8.90. The third-order valence-electron chi connectivity index (χ3n) is 6.54. The molecule has 0 fully saturated rings. The minimum Gasteiger partial charge on any atom is -0.619 e. The van der Waals surface area contributed by atoms with Gasteiger partial charge in [-0.05, 0) is 53.4 Å². The first-order chi connectivity index (χ1) is 19.6. The zero-order valence-electron chi connectivity index (χ0n) is 22.0. The summed E-state index contributed by atoms with van der Waals surface area (Å²) < 4.78 is 11.4. The Labute approximate surface area is 245 Å². The lowest BCUT2D eigenvalue weighted by atomic mass is 9.80. The van der Waals surface area contributed by atoms with Crippen molar-refractivity contribution in [1.29, 1.82) is 0 Å². The number of methoxy groups -OCH3 is 2. The zero-order chi connectivity index (χ0) is 29.7. The molecule has 41 heavy (non-hydrogen) atoms. The van der Waals surface area contributed by atoms with Crippen molar-refractivity contribution in [3.8, 4) is 11.5 Å². The molecule has 0 saturated carbocycles. The summed E-state index contributed by atoms with van der Waals surface area (Å²) in [6, 6.07) is 14.7. The number of halogens is 2. The molecule has 2 aromatic heterocycles. The highest BCUT2D eigenvalue weighted by Gasteiger charge is 2.29. The maximum atomic E-state index is 12.6. The maximum Gasteiger partial charge on any atom is 0.413 e. The topological polar surface area (TPSA) is 136 Å². The molecule has 0 spiro atoms. The van der Waals surface area contributed by atoms with Gasteiger partial charge in [0.05, 0.1) is 26.3 Å². The molecule has 0 unspecified atom stereocenters. The van der Waals surface area contributed by atoms with Crippen LogP contribution in [0.2, 0.25) is 10.0 Å². The van der Waals surface area contributed by atoms with Gasteiger partial charge >= 0.3 is 12.1 Å². The fourth-order valence-corrected chi connectivity index (χ4v) is 5.26. The van der Waals surface area contributed by atoms with Crippen molar-refractivity contribution in [2.75, 3.05) is 19.1 Å². The molecule has 2 N–H and O–H groups in total. The molecule has 212 valence electrons. The van der Waals surface area contributed by atoms with E-state index in [1.54, 1.807) is 48.5 Å². The first-order valence-corrected chi connectivity index (χ1v) is 12.9. The van der Waals surface area contributed by atoms with Crippen LogP contribution in [0.4, 0.5) is 10.6 Å². The van der Waals surface area contributed by atoms with Crippen molar-refractivity contribution < 1.29 is 34.0 Å². The van der Waals surface area contributed by atoms with E-state index in [0.717, 1.165) is 17.3 Å². The molecule has 4 rings (SSSR count). The van der Waals surface area contributed by atoms with E-state index in [4.69, 9.17) is 32.7 Å². The van der Waals surface area contributed by atoms with Gasteiger partial charge in [-0.15, -0.1) is 0 Å². The number of benzene rings is 2. The van der Waals surface area contributed by atoms with Gasteiger partial charge in [0.2, 0.25) is 0 Å². The Hall–Kier alpha value is -4.54. The van der Waals surface area contributed by atoms with Crippen LogP contribution in [0.5, 0.6) is 11.5 Å². The largest absolute Gasteiger partial charge is 0.619 e. The van der Waals surface area contributed by atoms with E-state index in [-0.39, 0.29) is 34.4 Å². The highest BCUT2D eigenvalue weighted by atomic mass is 35.5. The third kappa shape index (κ3) is 6.45. The zero-order valence-corrected chi connectivity index (χ0v) is 23.5. The molecule has 0 aliphatic rings. The summed E-state index contributed by atoms with van der Waals surface area (Å²) in [5.41, 5.74) is 1.73. The fourth-order valence-electron chi connectivity index (χ4n) is 4.67. The normalized spacial score (nSPS) is 11.5. The summed E-state index contributed by atoms with van der Waals surface area (Å²) in [5, 5.41) is 32.4. The summed E-state index contributed by atoms with van der Waals surface area (Å²) in [6.45, 7) is -0.205. The SMILES string of the molecule is COc1ccc([C@H](Cc2c(Cl)c[n+]([O-])cc2Cl)c2c(CN(C(=O)O)c3ccccn3)cccc2C(=O)O)cc1OC. The minimum atomic E-state index is -1.27. The lowest BCUT2D eigenvalue weighted by molar-refractivity contribution is -0.605. The molecular formula is C29H25Cl2N3O7. The molecule has 1 amide bonds. The summed E-state index contributed by atoms with van der Waals surface area (Å²) in [5.74, 6) is -0.919. The van der Waals surface area contributed by atoms with Crippen molar-refractivity contribution in [2.24, 2.45) is 0 Å². The number of anilines is 1. The predicted octanol–water partition coefficient (Wildman–Crippen LogP) is 5.80. The van der Waals surface area contributed by atoms with E-state index in [2.05, 4.69) is 4.98 Å². The van der Waals surface area contributed by atoms with Crippen LogP contribution in [0, 0.1) is 5.21 Å². The van der Waals surface area contributed by atoms with E-state index in [1.807, 2.05) is 0 Å². The van der Waals surface area contributed by atoms with Gasteiger partial charge < -0.3 is 24.9 Å². The molecule has 2 heterocycles. The molecule has 0 radical (unpaired) electrons. The molecule has 0 aliphatic heterocycles. The van der Waals surface area contributed by atoms with E-state index >= 15 is 0 Å². The summed E-state index contributed by atoms with van der Waals surface area (Å²) in [4.78, 5) is 30.1. The summed E-state index contributed by atoms with van der Waals surface area (Å²) >= 11 is 12.9. The average Bonchev–Trinajstić information content (AvgIpc) is 2.95. The van der Waals surface area contributed by atoms with E-state index in [1.165, 1.54) is 26.5 Å². The third-order valence-corrected chi connectivity index (χ3v) is 7.19. The lowest BCUT2D eigenvalue weighted by Gasteiger charge is -2.27. The number of nitrogens with zero attached hydrogens (tertiary/aromatic N) is 3. The van der Waals surface area contributed by atoms with Crippen molar-refractivity contribution in [3.63, 3.8) is 0 Å². The van der Waals surface area contributed by atoms with Crippen LogP contribution < -0.4 is 19.1 Å². The summed E-state index contributed by atoms with van der Waals surface area (Å²) in [6.07, 6.45) is 2.58. The first-order valence-electron chi connectivity index (χ1n) is 12.2. The van der Waals surface area contributed by atoms with Gasteiger partial charge in [-0.3, -0.25) is 4.90 Å². The number of amides is 1. The van der Waals surface area contributed by atoms with Crippen LogP contribution in [-0.2, 0) is 13.0 Å². The van der Waals surface area contributed by atoms with Gasteiger partial charge in [-0.1, -0.05) is 47.5 Å². The van der Waals surface area contributed by atoms with Crippen molar-refractivity contribution in [1.82, 2.24) is 4.98 Å². The quantitative estimate of drug-likeness (QED) is 0.173. The average molecular weight is 598 g/mol. The van der Waals surface area contributed by atoms with Crippen molar-refractivity contribution in [2.45, 2.75) is 18.9 Å². The molecule has 10 nitrogen and oxygen atoms in total. The van der Waals surface area contributed by atoms with Crippen LogP contribution in [0.15, 0.2) is 73.2 Å². The van der Waals surface area contributed by atoms with Crippen LogP contribution in [0.3, 0.4) is 0 Å². The number of aromatic carboxylic acids is 1. The fraction of sp³-hybridized carbons (Fsp3) is 0.172. The summed E-state index contributed by atoms with van der Waals surface area (Å²) in [7, 11) is 2.97. The number of pyridine rings is 2. The molecule has 1 atom stereocenters. The number of carboxylic acid groups (broad SMARTS) is 2. The Morgan fingerprint density at radius 3 is 2.29 bits per heavy atom. The van der Waals surface area contributed by atoms with Crippen LogP contribution in [0.1, 0.15) is 38.5 Å². The van der Waals surface area contributed by atoms with Crippen LogP contribution in [-0.4, -0.2) is 41.5 Å². The Bertz CT molecular complexity index is 1560. The number of hydrogen-bond donors (Lipinski definition) is 2. The maximum absolute atomic E-state index is 12.6. The predicted molar refractivity (Wildman–Crippen MR) is 152 cm³/mol. The minimum absolute atomic E-state index is 0.0456. The monoisotopic (exact) mass is 597 g/mol. The van der Waals surface area contributed by atoms with Crippen LogP contribution >= 0.6 is 23.2 Å². The lowest BCUT2D eigenvalue weighted by Crippen LogP contribution is -2.30. The smallest absolute Gasteiger partial charge is 0.413 e. The molecule has 2 aromatic carbocycles. The van der Waals surface area contributed by atoms with Crippen LogP contribution in [0.25, 0.3) is 0 Å². The standard InChI is InChI=1S/C29H25Cl2N3O7/c1-40-24-10-9-17(12-25(24)41-2)20(13-21-22(30)15-33(39)16-23(21)31)27-18(6-5-7-19(27)28(35)36)14-34(29(37)38)26-8-3-4-11-32-26/h3-12,15-16,20H,13-14H2,1-2H3,(H,35,36)(H,37,38)/t20-/m0/s1. The molecular weight excluding hydrogens is 573 g/mol. The highest BCUT2D eigenvalue weighted by Crippen LogP contribution is 2.40. The number of carbonyl (C=O) groups is 2. The molecule has 0 aliphatic carbocycles. The number of aromatic nitrogens is 2. The molecule has 12 heteroatoms. The van der Waals surface area contributed by atoms with Gasteiger partial charge in [-0.2, -0.15) is 4.73 Å². The van der Waals surface area contributed by atoms with Gasteiger partial charge in [0.15, 0.2) is 23.9 Å². The Balaban J connectivity index is 1.97. The Morgan fingerprint density at radius 2 is 1.71 bits per heavy atom. The Morgan fingerprint density at radius 1 is 1.00 bits per heavy atom. The van der Waals surface area contributed by atoms with Gasteiger partial charge in [0.25, 0.3) is 0 Å². The number of carboxylic acids is 1. The Kier molecular flexibility index (Phi) is 9.16. The van der Waals surface area contributed by atoms with Crippen molar-refractivity contribution >= 4 is 41.1 Å². The van der Waals surface area contributed by atoms with E-state index in [9.17, 15) is 25.0 Å².